The first-order valence-electron chi connectivity index (χ1n) is 7.91. The molecule has 1 aliphatic rings. The van der Waals surface area contributed by atoms with Crippen LogP contribution < -0.4 is 5.73 Å². The molecule has 1 saturated carbocycles. The molecule has 0 atom stereocenters. The number of nitrogens with two attached hydrogens (primary N) is 1. The second kappa shape index (κ2) is 6.56. The lowest BCUT2D eigenvalue weighted by atomic mass is 9.71. The van der Waals surface area contributed by atoms with Crippen molar-refractivity contribution in [1.29, 1.82) is 0 Å². The summed E-state index contributed by atoms with van der Waals surface area (Å²) in [5.74, 6) is 0. The predicted octanol–water partition coefficient (Wildman–Crippen LogP) is 4.54. The fourth-order valence-electron chi connectivity index (χ4n) is 3.50. The van der Waals surface area contributed by atoms with Crippen LogP contribution in [0, 0.1) is 19.3 Å². The van der Waals surface area contributed by atoms with Crippen LogP contribution in [0.3, 0.4) is 0 Å². The number of benzene rings is 1. The fraction of sp³-hybridized carbons (Fsp3) is 0.667. The molecule has 0 aliphatic heterocycles. The Morgan fingerprint density at radius 3 is 2.26 bits per heavy atom. The van der Waals surface area contributed by atoms with E-state index in [2.05, 4.69) is 32.0 Å². The van der Waals surface area contributed by atoms with Crippen LogP contribution in [-0.4, -0.2) is 6.54 Å². The van der Waals surface area contributed by atoms with Crippen LogP contribution in [0.2, 0.25) is 0 Å². The average molecular weight is 259 g/mol. The monoisotopic (exact) mass is 259 g/mol. The van der Waals surface area contributed by atoms with E-state index in [0.717, 1.165) is 6.54 Å². The van der Waals surface area contributed by atoms with Gasteiger partial charge in [-0.05, 0) is 56.2 Å². The largest absolute Gasteiger partial charge is 0.330 e. The summed E-state index contributed by atoms with van der Waals surface area (Å²) in [6, 6.07) is 6.84. The molecule has 1 aliphatic carbocycles. The molecular weight excluding hydrogens is 230 g/mol. The quantitative estimate of drug-likeness (QED) is 0.847. The van der Waals surface area contributed by atoms with Crippen LogP contribution in [0.1, 0.15) is 61.6 Å². The SMILES string of the molecule is Cc1ccc(C)c(CC2(CN)CCCCCCC2)c1. The van der Waals surface area contributed by atoms with E-state index >= 15 is 0 Å². The molecule has 0 spiro atoms. The molecule has 1 aromatic rings. The number of aryl methyl sites for hydroxylation is 2. The topological polar surface area (TPSA) is 26.0 Å². The van der Waals surface area contributed by atoms with Gasteiger partial charge in [0.2, 0.25) is 0 Å². The van der Waals surface area contributed by atoms with Crippen LogP contribution in [0.25, 0.3) is 0 Å². The molecule has 0 heterocycles. The van der Waals surface area contributed by atoms with Gasteiger partial charge in [0.05, 0.1) is 0 Å². The Morgan fingerprint density at radius 1 is 1.00 bits per heavy atom. The highest BCUT2D eigenvalue weighted by Gasteiger charge is 2.29. The van der Waals surface area contributed by atoms with Gasteiger partial charge in [0, 0.05) is 0 Å². The van der Waals surface area contributed by atoms with E-state index in [1.165, 1.54) is 68.1 Å². The minimum Gasteiger partial charge on any atom is -0.330 e. The van der Waals surface area contributed by atoms with Gasteiger partial charge >= 0.3 is 0 Å². The van der Waals surface area contributed by atoms with Gasteiger partial charge in [0.1, 0.15) is 0 Å². The van der Waals surface area contributed by atoms with E-state index in [0.29, 0.717) is 5.41 Å². The lowest BCUT2D eigenvalue weighted by Gasteiger charge is -2.35. The van der Waals surface area contributed by atoms with Crippen LogP contribution in [0.5, 0.6) is 0 Å². The van der Waals surface area contributed by atoms with Crippen molar-refractivity contribution in [2.45, 2.75) is 65.2 Å². The van der Waals surface area contributed by atoms with E-state index in [4.69, 9.17) is 5.73 Å². The van der Waals surface area contributed by atoms with Crippen LogP contribution in [0.4, 0.5) is 0 Å². The Hall–Kier alpha value is -0.820. The molecule has 1 fully saturated rings. The van der Waals surface area contributed by atoms with Gasteiger partial charge in [-0.15, -0.1) is 0 Å². The molecule has 0 saturated heterocycles. The molecule has 19 heavy (non-hydrogen) atoms. The van der Waals surface area contributed by atoms with Crippen molar-refractivity contribution in [2.75, 3.05) is 6.54 Å². The second-order valence-electron chi connectivity index (χ2n) is 6.58. The van der Waals surface area contributed by atoms with E-state index in [1.807, 2.05) is 0 Å². The molecule has 2 rings (SSSR count). The first-order valence-corrected chi connectivity index (χ1v) is 7.91. The van der Waals surface area contributed by atoms with Gasteiger partial charge in [-0.2, -0.15) is 0 Å². The van der Waals surface area contributed by atoms with Crippen molar-refractivity contribution in [3.05, 3.63) is 34.9 Å². The van der Waals surface area contributed by atoms with Gasteiger partial charge in [0.15, 0.2) is 0 Å². The van der Waals surface area contributed by atoms with Crippen LogP contribution >= 0.6 is 0 Å². The summed E-state index contributed by atoms with van der Waals surface area (Å²) in [6.45, 7) is 5.28. The maximum atomic E-state index is 6.19. The van der Waals surface area contributed by atoms with Crippen molar-refractivity contribution in [1.82, 2.24) is 0 Å². The number of hydrogen-bond donors (Lipinski definition) is 1. The van der Waals surface area contributed by atoms with E-state index in [-0.39, 0.29) is 0 Å². The minimum absolute atomic E-state index is 0.360. The normalized spacial score (nSPS) is 19.7. The fourth-order valence-corrected chi connectivity index (χ4v) is 3.50. The Bertz CT molecular complexity index is 400. The molecule has 0 amide bonds. The Balaban J connectivity index is 2.18. The highest BCUT2D eigenvalue weighted by molar-refractivity contribution is 5.31. The summed E-state index contributed by atoms with van der Waals surface area (Å²) < 4.78 is 0. The highest BCUT2D eigenvalue weighted by Crippen LogP contribution is 2.37. The van der Waals surface area contributed by atoms with E-state index in [9.17, 15) is 0 Å². The lowest BCUT2D eigenvalue weighted by Crippen LogP contribution is -2.34. The third-order valence-electron chi connectivity index (χ3n) is 4.92. The lowest BCUT2D eigenvalue weighted by molar-refractivity contribution is 0.216. The van der Waals surface area contributed by atoms with Crippen molar-refractivity contribution in [3.8, 4) is 0 Å². The third-order valence-corrected chi connectivity index (χ3v) is 4.92. The first-order chi connectivity index (χ1) is 9.15. The maximum absolute atomic E-state index is 6.19. The van der Waals surface area contributed by atoms with Crippen molar-refractivity contribution in [2.24, 2.45) is 11.1 Å². The summed E-state index contributed by atoms with van der Waals surface area (Å²) in [5.41, 5.74) is 10.9. The average Bonchev–Trinajstić information content (AvgIpc) is 2.37. The zero-order chi connectivity index (χ0) is 13.7. The highest BCUT2D eigenvalue weighted by atomic mass is 14.6. The summed E-state index contributed by atoms with van der Waals surface area (Å²) in [5, 5.41) is 0. The molecule has 2 N–H and O–H groups in total. The Labute approximate surface area is 118 Å². The van der Waals surface area contributed by atoms with Gasteiger partial charge in [-0.25, -0.2) is 0 Å². The number of rotatable bonds is 3. The third kappa shape index (κ3) is 3.82. The zero-order valence-electron chi connectivity index (χ0n) is 12.7. The van der Waals surface area contributed by atoms with Crippen molar-refractivity contribution >= 4 is 0 Å². The van der Waals surface area contributed by atoms with Gasteiger partial charge in [-0.1, -0.05) is 55.9 Å². The molecule has 0 aromatic heterocycles. The predicted molar refractivity (Wildman–Crippen MR) is 83.4 cm³/mol. The second-order valence-corrected chi connectivity index (χ2v) is 6.58. The van der Waals surface area contributed by atoms with Crippen LogP contribution in [0.15, 0.2) is 18.2 Å². The zero-order valence-corrected chi connectivity index (χ0v) is 12.7. The van der Waals surface area contributed by atoms with Gasteiger partial charge in [0.25, 0.3) is 0 Å². The molecular formula is C18H29N. The van der Waals surface area contributed by atoms with Crippen molar-refractivity contribution in [3.63, 3.8) is 0 Å². The van der Waals surface area contributed by atoms with Gasteiger partial charge < -0.3 is 5.73 Å². The standard InChI is InChI=1S/C18H29N/c1-15-8-9-16(2)17(12-15)13-18(14-19)10-6-4-3-5-7-11-18/h8-9,12H,3-7,10-11,13-14,19H2,1-2H3. The molecule has 0 radical (unpaired) electrons. The first kappa shape index (κ1) is 14.6. The molecule has 1 aromatic carbocycles. The smallest absolute Gasteiger partial charge is 0.00173 e. The maximum Gasteiger partial charge on any atom is -0.00173 e. The van der Waals surface area contributed by atoms with Gasteiger partial charge in [-0.3, -0.25) is 0 Å². The van der Waals surface area contributed by atoms with Crippen molar-refractivity contribution < 1.29 is 0 Å². The molecule has 106 valence electrons. The summed E-state index contributed by atoms with van der Waals surface area (Å²) in [6.07, 6.45) is 10.8. The Morgan fingerprint density at radius 2 is 1.63 bits per heavy atom. The molecule has 1 nitrogen and oxygen atoms in total. The number of hydrogen-bond acceptors (Lipinski definition) is 1. The molecule has 0 unspecified atom stereocenters. The van der Waals surface area contributed by atoms with Crippen LogP contribution in [-0.2, 0) is 6.42 Å². The Kier molecular flexibility index (Phi) is 5.04. The summed E-state index contributed by atoms with van der Waals surface area (Å²) in [4.78, 5) is 0. The molecule has 0 bridgehead atoms. The molecule has 1 heteroatoms. The van der Waals surface area contributed by atoms with E-state index < -0.39 is 0 Å². The minimum atomic E-state index is 0.360. The van der Waals surface area contributed by atoms with E-state index in [1.54, 1.807) is 0 Å². The summed E-state index contributed by atoms with van der Waals surface area (Å²) in [7, 11) is 0. The summed E-state index contributed by atoms with van der Waals surface area (Å²) >= 11 is 0.